The van der Waals surface area contributed by atoms with E-state index >= 15 is 0 Å². The topological polar surface area (TPSA) is 4.44 Å². The molecule has 1 N–H and O–H groups in total. The highest BCUT2D eigenvalue weighted by Gasteiger charge is 2.26. The Morgan fingerprint density at radius 1 is 0.889 bits per heavy atom. The van der Waals surface area contributed by atoms with Crippen molar-refractivity contribution < 1.29 is 9.60 Å². The van der Waals surface area contributed by atoms with Gasteiger partial charge in [-0.25, -0.2) is 0 Å². The van der Waals surface area contributed by atoms with Gasteiger partial charge in [0.05, 0.1) is 19.1 Å². The highest BCUT2D eigenvalue weighted by Crippen LogP contribution is 2.09. The lowest BCUT2D eigenvalue weighted by Crippen LogP contribution is -3.13. The molecule has 1 aliphatic heterocycles. The fourth-order valence-electron chi connectivity index (χ4n) is 3.24. The number of hydrogen-bond acceptors (Lipinski definition) is 0. The number of unbranched alkanes of at least 4 members (excludes halogenated alkanes) is 6. The molecule has 0 aliphatic carbocycles. The third-order valence-corrected chi connectivity index (χ3v) is 4.39. The highest BCUT2D eigenvalue weighted by atomic mass is 19.0. The number of quaternary nitrogens is 1. The van der Waals surface area contributed by atoms with Gasteiger partial charge in [-0.15, -0.1) is 0 Å². The van der Waals surface area contributed by atoms with E-state index in [0.29, 0.717) is 0 Å². The van der Waals surface area contributed by atoms with Crippen molar-refractivity contribution in [3.63, 3.8) is 0 Å². The van der Waals surface area contributed by atoms with E-state index in [9.17, 15) is 0 Å². The van der Waals surface area contributed by atoms with Crippen molar-refractivity contribution in [3.05, 3.63) is 0 Å². The molecule has 2 heteroatoms. The molecule has 0 spiro atoms. The number of halogens is 1. The Morgan fingerprint density at radius 2 is 1.56 bits per heavy atom. The summed E-state index contributed by atoms with van der Waals surface area (Å²) in [5.41, 5.74) is 0. The van der Waals surface area contributed by atoms with Crippen molar-refractivity contribution in [1.29, 1.82) is 0 Å². The maximum Gasteiger partial charge on any atom is 0.0876 e. The molecule has 1 nitrogen and oxygen atoms in total. The summed E-state index contributed by atoms with van der Waals surface area (Å²) >= 11 is 0. The fourth-order valence-corrected chi connectivity index (χ4v) is 3.24. The average Bonchev–Trinajstić information content (AvgIpc) is 2.78. The van der Waals surface area contributed by atoms with Crippen LogP contribution in [0.2, 0.25) is 0 Å². The first kappa shape index (κ1) is 17.9. The lowest BCUT2D eigenvalue weighted by atomic mass is 10.1. The van der Waals surface area contributed by atoms with Crippen molar-refractivity contribution in [2.45, 2.75) is 90.5 Å². The van der Waals surface area contributed by atoms with Crippen LogP contribution in [-0.4, -0.2) is 19.1 Å². The van der Waals surface area contributed by atoms with E-state index in [1.54, 1.807) is 0 Å². The molecule has 2 unspecified atom stereocenters. The van der Waals surface area contributed by atoms with Gasteiger partial charge in [-0.1, -0.05) is 46.0 Å². The van der Waals surface area contributed by atoms with Gasteiger partial charge >= 0.3 is 0 Å². The first-order valence-electron chi connectivity index (χ1n) is 8.23. The van der Waals surface area contributed by atoms with Gasteiger partial charge in [-0.3, -0.25) is 0 Å². The van der Waals surface area contributed by atoms with Crippen LogP contribution in [0, 0.1) is 0 Å². The summed E-state index contributed by atoms with van der Waals surface area (Å²) in [6.45, 7) is 7.54. The lowest BCUT2D eigenvalue weighted by Gasteiger charge is -2.21. The Hall–Kier alpha value is -0.110. The van der Waals surface area contributed by atoms with Crippen molar-refractivity contribution in [1.82, 2.24) is 0 Å². The summed E-state index contributed by atoms with van der Waals surface area (Å²) in [5, 5.41) is 0. The van der Waals surface area contributed by atoms with Gasteiger partial charge < -0.3 is 9.60 Å². The molecule has 1 fully saturated rings. The Balaban J connectivity index is 0.00000289. The zero-order valence-electron chi connectivity index (χ0n) is 12.6. The molecule has 1 heterocycles. The lowest BCUT2D eigenvalue weighted by molar-refractivity contribution is -0.912. The molecular formula is C16H34FN. The Labute approximate surface area is 114 Å². The molecule has 0 saturated carbocycles. The van der Waals surface area contributed by atoms with Gasteiger partial charge in [0, 0.05) is 12.8 Å². The zero-order chi connectivity index (χ0) is 12.3. The summed E-state index contributed by atoms with van der Waals surface area (Å²) in [4.78, 5) is 1.94. The smallest absolute Gasteiger partial charge is 0.0876 e. The normalized spacial score (nSPS) is 23.0. The first-order valence-corrected chi connectivity index (χ1v) is 8.23. The summed E-state index contributed by atoms with van der Waals surface area (Å²) in [6.07, 6.45) is 16.0. The summed E-state index contributed by atoms with van der Waals surface area (Å²) < 4.78 is 0. The van der Waals surface area contributed by atoms with Crippen LogP contribution in [0.15, 0.2) is 0 Å². The van der Waals surface area contributed by atoms with E-state index in [4.69, 9.17) is 0 Å². The number of hydrogen-bond donors (Lipinski definition) is 1. The van der Waals surface area contributed by atoms with Crippen LogP contribution in [0.25, 0.3) is 0 Å². The van der Waals surface area contributed by atoms with E-state index < -0.39 is 0 Å². The minimum Gasteiger partial charge on any atom is -1.00 e. The van der Waals surface area contributed by atoms with E-state index in [2.05, 4.69) is 13.8 Å². The molecule has 0 aromatic carbocycles. The predicted molar refractivity (Wildman–Crippen MR) is 76.6 cm³/mol. The van der Waals surface area contributed by atoms with Crippen LogP contribution >= 0.6 is 0 Å². The van der Waals surface area contributed by atoms with E-state index in [-0.39, 0.29) is 4.70 Å². The minimum absolute atomic E-state index is 0. The van der Waals surface area contributed by atoms with Crippen LogP contribution in [-0.2, 0) is 0 Å². The monoisotopic (exact) mass is 259 g/mol. The van der Waals surface area contributed by atoms with Gasteiger partial charge in [0.2, 0.25) is 0 Å². The fraction of sp³-hybridized carbons (Fsp3) is 1.00. The number of likely N-dealkylation sites (tertiary alicyclic amines) is 1. The molecule has 0 bridgehead atoms. The molecular weight excluding hydrogens is 225 g/mol. The van der Waals surface area contributed by atoms with Crippen molar-refractivity contribution >= 4 is 0 Å². The molecule has 0 aromatic rings. The van der Waals surface area contributed by atoms with Crippen LogP contribution in [0.3, 0.4) is 0 Å². The molecule has 0 aromatic heterocycles. The Morgan fingerprint density at radius 3 is 2.28 bits per heavy atom. The van der Waals surface area contributed by atoms with Crippen LogP contribution in [0.4, 0.5) is 0 Å². The van der Waals surface area contributed by atoms with Gasteiger partial charge in [-0.2, -0.15) is 0 Å². The predicted octanol–water partition coefficient (Wildman–Crippen LogP) is 0.588. The second-order valence-corrected chi connectivity index (χ2v) is 5.91. The third kappa shape index (κ3) is 7.35. The molecule has 1 rings (SSSR count). The maximum absolute atomic E-state index is 2.32. The summed E-state index contributed by atoms with van der Waals surface area (Å²) in [6, 6.07) is 1.02. The largest absolute Gasteiger partial charge is 1.00 e. The SMILES string of the molecule is CCCCCCCC[NH+]1CCCC1CCCC.[F-]. The molecule has 1 saturated heterocycles. The standard InChI is InChI=1S/C16H33N.FH/c1-3-5-7-8-9-10-14-17-15-11-13-16(17)12-6-4-2;/h16H,3-15H2,1-2H3;1H. The van der Waals surface area contributed by atoms with Crippen LogP contribution in [0.5, 0.6) is 0 Å². The van der Waals surface area contributed by atoms with E-state index in [1.165, 1.54) is 83.7 Å². The molecule has 1 aliphatic rings. The van der Waals surface area contributed by atoms with Crippen LogP contribution < -0.4 is 9.60 Å². The second kappa shape index (κ2) is 12.0. The highest BCUT2D eigenvalue weighted by molar-refractivity contribution is 4.62. The van der Waals surface area contributed by atoms with Gasteiger partial charge in [0.1, 0.15) is 0 Å². The second-order valence-electron chi connectivity index (χ2n) is 5.91. The first-order chi connectivity index (χ1) is 8.38. The van der Waals surface area contributed by atoms with Gasteiger partial charge in [-0.05, 0) is 25.7 Å². The quantitative estimate of drug-likeness (QED) is 0.548. The van der Waals surface area contributed by atoms with Gasteiger partial charge in [0.25, 0.3) is 0 Å². The summed E-state index contributed by atoms with van der Waals surface area (Å²) in [5.74, 6) is 0. The van der Waals surface area contributed by atoms with Crippen LogP contribution in [0.1, 0.15) is 84.5 Å². The number of nitrogens with one attached hydrogen (secondary N) is 1. The Bertz CT molecular complexity index is 172. The molecule has 0 radical (unpaired) electrons. The number of rotatable bonds is 10. The average molecular weight is 259 g/mol. The summed E-state index contributed by atoms with van der Waals surface area (Å²) in [7, 11) is 0. The van der Waals surface area contributed by atoms with E-state index in [1.807, 2.05) is 4.90 Å². The minimum atomic E-state index is 0. The molecule has 2 atom stereocenters. The molecule has 18 heavy (non-hydrogen) atoms. The Kier molecular flexibility index (Phi) is 11.9. The van der Waals surface area contributed by atoms with Crippen molar-refractivity contribution in [3.8, 4) is 0 Å². The third-order valence-electron chi connectivity index (χ3n) is 4.39. The van der Waals surface area contributed by atoms with E-state index in [0.717, 1.165) is 6.04 Å². The molecule has 0 amide bonds. The molecule has 110 valence electrons. The van der Waals surface area contributed by atoms with Crippen molar-refractivity contribution in [2.24, 2.45) is 0 Å². The van der Waals surface area contributed by atoms with Gasteiger partial charge in [0.15, 0.2) is 0 Å². The maximum atomic E-state index is 2.32. The zero-order valence-corrected chi connectivity index (χ0v) is 12.6. The van der Waals surface area contributed by atoms with Crippen molar-refractivity contribution in [2.75, 3.05) is 13.1 Å².